The Hall–Kier alpha value is -0.480. The molecule has 0 saturated heterocycles. The van der Waals surface area contributed by atoms with Crippen LogP contribution in [0.3, 0.4) is 0 Å². The largest absolute Gasteiger partial charge is 0.327 e. The number of hydrogen-bond acceptors (Lipinski definition) is 1. The van der Waals surface area contributed by atoms with Crippen molar-refractivity contribution in [2.75, 3.05) is 0 Å². The molecule has 4 heteroatoms. The summed E-state index contributed by atoms with van der Waals surface area (Å²) in [4.78, 5) is 0. The van der Waals surface area contributed by atoms with Crippen molar-refractivity contribution in [1.82, 2.24) is 0 Å². The van der Waals surface area contributed by atoms with Gasteiger partial charge in [-0.25, -0.2) is 8.78 Å². The summed E-state index contributed by atoms with van der Waals surface area (Å²) in [5.41, 5.74) is 6.23. The highest BCUT2D eigenvalue weighted by Gasteiger charge is 2.32. The van der Waals surface area contributed by atoms with Crippen LogP contribution in [0.25, 0.3) is 0 Å². The molecular formula is C14H18BrF2N. The molecule has 0 aliphatic heterocycles. The molecule has 0 radical (unpaired) electrons. The Morgan fingerprint density at radius 1 is 1.33 bits per heavy atom. The molecule has 3 atom stereocenters. The predicted molar refractivity (Wildman–Crippen MR) is 72.4 cm³/mol. The summed E-state index contributed by atoms with van der Waals surface area (Å²) in [5, 5.41) is 0. The molecule has 18 heavy (non-hydrogen) atoms. The lowest BCUT2D eigenvalue weighted by Gasteiger charge is -2.34. The van der Waals surface area contributed by atoms with E-state index < -0.39 is 11.6 Å². The van der Waals surface area contributed by atoms with Crippen LogP contribution in [0.1, 0.15) is 44.1 Å². The summed E-state index contributed by atoms with van der Waals surface area (Å²) in [6, 6.07) is 2.57. The zero-order chi connectivity index (χ0) is 13.3. The normalized spacial score (nSPS) is 28.4. The molecule has 2 rings (SSSR count). The third-order valence-corrected chi connectivity index (χ3v) is 4.65. The third-order valence-electron chi connectivity index (χ3n) is 4.04. The molecule has 0 amide bonds. The highest BCUT2D eigenvalue weighted by Crippen LogP contribution is 2.40. The standard InChI is InChI=1S/C14H18BrF2N/c1-2-8-3-6-12(18)9(7-8)13-11(16)5-4-10(15)14(13)17/h4-5,8-9,12H,2-3,6-7,18H2,1H3. The van der Waals surface area contributed by atoms with Crippen molar-refractivity contribution in [3.05, 3.63) is 33.8 Å². The lowest BCUT2D eigenvalue weighted by atomic mass is 9.74. The Morgan fingerprint density at radius 3 is 2.72 bits per heavy atom. The molecule has 3 unspecified atom stereocenters. The highest BCUT2D eigenvalue weighted by atomic mass is 79.9. The first-order chi connectivity index (χ1) is 8.54. The molecule has 0 heterocycles. The van der Waals surface area contributed by atoms with E-state index in [4.69, 9.17) is 5.73 Å². The Morgan fingerprint density at radius 2 is 2.06 bits per heavy atom. The van der Waals surface area contributed by atoms with Crippen LogP contribution >= 0.6 is 15.9 Å². The van der Waals surface area contributed by atoms with Crippen molar-refractivity contribution in [1.29, 1.82) is 0 Å². The van der Waals surface area contributed by atoms with Crippen LogP contribution in [0, 0.1) is 17.6 Å². The Balaban J connectivity index is 2.37. The summed E-state index contributed by atoms with van der Waals surface area (Å²) in [5.74, 6) is -0.658. The van der Waals surface area contributed by atoms with E-state index in [0.717, 1.165) is 25.7 Å². The number of hydrogen-bond donors (Lipinski definition) is 1. The van der Waals surface area contributed by atoms with Gasteiger partial charge in [-0.15, -0.1) is 0 Å². The van der Waals surface area contributed by atoms with E-state index in [2.05, 4.69) is 22.9 Å². The summed E-state index contributed by atoms with van der Waals surface area (Å²) in [6.45, 7) is 2.12. The van der Waals surface area contributed by atoms with Crippen LogP contribution < -0.4 is 5.73 Å². The fourth-order valence-electron chi connectivity index (χ4n) is 2.87. The second-order valence-corrected chi connectivity index (χ2v) is 5.97. The van der Waals surface area contributed by atoms with E-state index in [1.54, 1.807) is 0 Å². The lowest BCUT2D eigenvalue weighted by molar-refractivity contribution is 0.273. The smallest absolute Gasteiger partial charge is 0.143 e. The van der Waals surface area contributed by atoms with Crippen LogP contribution in [0.5, 0.6) is 0 Å². The van der Waals surface area contributed by atoms with E-state index in [9.17, 15) is 8.78 Å². The Bertz CT molecular complexity index is 436. The van der Waals surface area contributed by atoms with Gasteiger partial charge in [0.05, 0.1) is 4.47 Å². The molecule has 0 spiro atoms. The molecular weight excluding hydrogens is 300 g/mol. The van der Waals surface area contributed by atoms with Crippen molar-refractivity contribution in [3.63, 3.8) is 0 Å². The van der Waals surface area contributed by atoms with Gasteiger partial charge in [0.25, 0.3) is 0 Å². The minimum Gasteiger partial charge on any atom is -0.327 e. The van der Waals surface area contributed by atoms with Crippen molar-refractivity contribution in [3.8, 4) is 0 Å². The van der Waals surface area contributed by atoms with Crippen molar-refractivity contribution < 1.29 is 8.78 Å². The molecule has 2 N–H and O–H groups in total. The van der Waals surface area contributed by atoms with Gasteiger partial charge in [-0.2, -0.15) is 0 Å². The van der Waals surface area contributed by atoms with Crippen LogP contribution in [0.4, 0.5) is 8.78 Å². The summed E-state index contributed by atoms with van der Waals surface area (Å²) in [6.07, 6.45) is 3.72. The van der Waals surface area contributed by atoms with Crippen LogP contribution in [-0.4, -0.2) is 6.04 Å². The van der Waals surface area contributed by atoms with E-state index in [1.165, 1.54) is 12.1 Å². The molecule has 100 valence electrons. The van der Waals surface area contributed by atoms with E-state index in [1.807, 2.05) is 0 Å². The van der Waals surface area contributed by atoms with Crippen LogP contribution in [0.15, 0.2) is 16.6 Å². The summed E-state index contributed by atoms with van der Waals surface area (Å²) in [7, 11) is 0. The first kappa shape index (κ1) is 13.9. The summed E-state index contributed by atoms with van der Waals surface area (Å²) >= 11 is 3.12. The first-order valence-corrected chi connectivity index (χ1v) is 7.22. The van der Waals surface area contributed by atoms with Crippen LogP contribution in [-0.2, 0) is 0 Å². The average molecular weight is 318 g/mol. The maximum atomic E-state index is 14.1. The maximum Gasteiger partial charge on any atom is 0.143 e. The van der Waals surface area contributed by atoms with E-state index >= 15 is 0 Å². The van der Waals surface area contributed by atoms with Gasteiger partial charge in [0, 0.05) is 17.5 Å². The maximum absolute atomic E-state index is 14.1. The zero-order valence-corrected chi connectivity index (χ0v) is 12.0. The first-order valence-electron chi connectivity index (χ1n) is 6.43. The molecule has 1 aromatic rings. The van der Waals surface area contributed by atoms with Gasteiger partial charge in [0.2, 0.25) is 0 Å². The minimum atomic E-state index is -0.493. The SMILES string of the molecule is CCC1CCC(N)C(c2c(F)ccc(Br)c2F)C1. The monoisotopic (exact) mass is 317 g/mol. The molecule has 1 aromatic carbocycles. The minimum absolute atomic E-state index is 0.147. The fraction of sp³-hybridized carbons (Fsp3) is 0.571. The van der Waals surface area contributed by atoms with Gasteiger partial charge in [-0.3, -0.25) is 0 Å². The Labute approximate surface area is 115 Å². The quantitative estimate of drug-likeness (QED) is 0.806. The van der Waals surface area contributed by atoms with E-state index in [-0.39, 0.29) is 17.5 Å². The van der Waals surface area contributed by atoms with Gasteiger partial charge < -0.3 is 5.73 Å². The zero-order valence-electron chi connectivity index (χ0n) is 10.4. The Kier molecular flexibility index (Phi) is 4.38. The number of nitrogens with two attached hydrogens (primary N) is 1. The van der Waals surface area contributed by atoms with Crippen molar-refractivity contribution >= 4 is 15.9 Å². The molecule has 1 saturated carbocycles. The van der Waals surface area contributed by atoms with Crippen molar-refractivity contribution in [2.24, 2.45) is 11.7 Å². The fourth-order valence-corrected chi connectivity index (χ4v) is 3.21. The number of halogens is 3. The molecule has 0 bridgehead atoms. The lowest BCUT2D eigenvalue weighted by Crippen LogP contribution is -2.35. The van der Waals surface area contributed by atoms with Gasteiger partial charge in [0.15, 0.2) is 0 Å². The summed E-state index contributed by atoms with van der Waals surface area (Å²) < 4.78 is 28.3. The van der Waals surface area contributed by atoms with E-state index in [0.29, 0.717) is 10.4 Å². The topological polar surface area (TPSA) is 26.0 Å². The second-order valence-electron chi connectivity index (χ2n) is 5.11. The molecule has 1 nitrogen and oxygen atoms in total. The number of rotatable bonds is 2. The third kappa shape index (κ3) is 2.59. The number of benzene rings is 1. The molecule has 1 fully saturated rings. The molecule has 1 aliphatic carbocycles. The highest BCUT2D eigenvalue weighted by molar-refractivity contribution is 9.10. The average Bonchev–Trinajstić information content (AvgIpc) is 2.36. The predicted octanol–water partition coefficient (Wildman–Crippen LogP) is 4.35. The van der Waals surface area contributed by atoms with Gasteiger partial charge >= 0.3 is 0 Å². The second kappa shape index (κ2) is 5.66. The molecule has 1 aliphatic rings. The van der Waals surface area contributed by atoms with Gasteiger partial charge in [0.1, 0.15) is 11.6 Å². The van der Waals surface area contributed by atoms with Gasteiger partial charge in [-0.05, 0) is 53.2 Å². The van der Waals surface area contributed by atoms with Crippen molar-refractivity contribution in [2.45, 2.75) is 44.6 Å². The van der Waals surface area contributed by atoms with Gasteiger partial charge in [-0.1, -0.05) is 13.3 Å². The van der Waals surface area contributed by atoms with Crippen LogP contribution in [0.2, 0.25) is 0 Å². The molecule has 0 aromatic heterocycles.